The molecule has 6 heteroatoms. The van der Waals surface area contributed by atoms with Crippen LogP contribution in [-0.4, -0.2) is 52.8 Å². The van der Waals surface area contributed by atoms with Crippen LogP contribution in [0.3, 0.4) is 0 Å². The Morgan fingerprint density at radius 2 is 1.73 bits per heavy atom. The van der Waals surface area contributed by atoms with Gasteiger partial charge in [-0.15, -0.1) is 0 Å². The lowest BCUT2D eigenvalue weighted by atomic mass is 10.1. The second kappa shape index (κ2) is 8.88. The predicted octanol–water partition coefficient (Wildman–Crippen LogP) is 3.44. The maximum Gasteiger partial charge on any atom is 0.252 e. The Labute approximate surface area is 176 Å². The van der Waals surface area contributed by atoms with Crippen LogP contribution in [0.4, 0.5) is 0 Å². The van der Waals surface area contributed by atoms with Crippen molar-refractivity contribution in [2.24, 2.45) is 0 Å². The van der Waals surface area contributed by atoms with Crippen LogP contribution in [-0.2, 0) is 6.54 Å². The first-order valence-electron chi connectivity index (χ1n) is 10.0. The molecule has 0 saturated heterocycles. The number of carbonyl (C=O) groups is 1. The minimum atomic E-state index is -0.110. The average molecular weight is 399 g/mol. The highest BCUT2D eigenvalue weighted by Gasteiger charge is 2.17. The Morgan fingerprint density at radius 3 is 2.43 bits per heavy atom. The van der Waals surface area contributed by atoms with E-state index in [1.54, 1.807) is 6.20 Å². The first-order chi connectivity index (χ1) is 14.6. The summed E-state index contributed by atoms with van der Waals surface area (Å²) in [5, 5.41) is 8.31. The molecule has 152 valence electrons. The number of benzene rings is 2. The molecule has 0 aliphatic heterocycles. The van der Waals surface area contributed by atoms with Crippen LogP contribution < -0.4 is 5.32 Å². The first-order valence-corrected chi connectivity index (χ1v) is 10.0. The second-order valence-corrected chi connectivity index (χ2v) is 7.51. The molecule has 0 saturated carbocycles. The number of hydrogen-bond acceptors (Lipinski definition) is 4. The van der Waals surface area contributed by atoms with Gasteiger partial charge < -0.3 is 10.2 Å². The summed E-state index contributed by atoms with van der Waals surface area (Å²) in [7, 11) is 3.97. The Kier molecular flexibility index (Phi) is 5.86. The van der Waals surface area contributed by atoms with Gasteiger partial charge in [-0.2, -0.15) is 5.10 Å². The molecule has 0 radical (unpaired) electrons. The lowest BCUT2D eigenvalue weighted by Crippen LogP contribution is -2.31. The van der Waals surface area contributed by atoms with Crippen molar-refractivity contribution in [1.82, 2.24) is 25.0 Å². The number of rotatable bonds is 7. The fourth-order valence-corrected chi connectivity index (χ4v) is 3.35. The molecule has 2 heterocycles. The van der Waals surface area contributed by atoms with Gasteiger partial charge in [0, 0.05) is 18.7 Å². The van der Waals surface area contributed by atoms with E-state index in [1.165, 1.54) is 0 Å². The molecule has 1 N–H and O–H groups in total. The number of likely N-dealkylation sites (N-methyl/N-ethyl adjacent to an activating group) is 1. The van der Waals surface area contributed by atoms with E-state index in [1.807, 2.05) is 78.3 Å². The van der Waals surface area contributed by atoms with E-state index in [2.05, 4.69) is 22.5 Å². The zero-order valence-electron chi connectivity index (χ0n) is 17.2. The minimum Gasteiger partial charge on any atom is -0.351 e. The van der Waals surface area contributed by atoms with Gasteiger partial charge >= 0.3 is 0 Å². The number of pyridine rings is 1. The monoisotopic (exact) mass is 399 g/mol. The number of nitrogens with zero attached hydrogens (tertiary/aromatic N) is 4. The van der Waals surface area contributed by atoms with Crippen molar-refractivity contribution in [2.45, 2.75) is 6.54 Å². The lowest BCUT2D eigenvalue weighted by Gasteiger charge is -2.12. The maximum absolute atomic E-state index is 13.0. The smallest absolute Gasteiger partial charge is 0.252 e. The molecule has 0 aliphatic rings. The van der Waals surface area contributed by atoms with Crippen molar-refractivity contribution >= 4 is 16.9 Å². The van der Waals surface area contributed by atoms with Crippen molar-refractivity contribution in [3.8, 4) is 11.3 Å². The fourth-order valence-electron chi connectivity index (χ4n) is 3.35. The quantitative estimate of drug-likeness (QED) is 0.517. The largest absolute Gasteiger partial charge is 0.351 e. The summed E-state index contributed by atoms with van der Waals surface area (Å²) < 4.78 is 1.85. The maximum atomic E-state index is 13.0. The highest BCUT2D eigenvalue weighted by molar-refractivity contribution is 6.06. The van der Waals surface area contributed by atoms with E-state index >= 15 is 0 Å². The Hall–Kier alpha value is -3.51. The lowest BCUT2D eigenvalue weighted by molar-refractivity contribution is 0.0952. The number of nitrogens with one attached hydrogen (secondary N) is 1. The molecule has 6 nitrogen and oxygen atoms in total. The second-order valence-electron chi connectivity index (χ2n) is 7.51. The van der Waals surface area contributed by atoms with Gasteiger partial charge in [-0.05, 0) is 25.7 Å². The van der Waals surface area contributed by atoms with Crippen molar-refractivity contribution < 1.29 is 4.79 Å². The van der Waals surface area contributed by atoms with Crippen LogP contribution >= 0.6 is 0 Å². The number of fused-ring (bicyclic) bond motifs is 1. The summed E-state index contributed by atoms with van der Waals surface area (Å²) >= 11 is 0. The van der Waals surface area contributed by atoms with Crippen LogP contribution in [0, 0.1) is 0 Å². The van der Waals surface area contributed by atoms with Crippen LogP contribution in [0.2, 0.25) is 0 Å². The molecule has 2 aromatic heterocycles. The average Bonchev–Trinajstić information content (AvgIpc) is 3.16. The van der Waals surface area contributed by atoms with Crippen molar-refractivity contribution in [3.63, 3.8) is 0 Å². The van der Waals surface area contributed by atoms with Crippen LogP contribution in [0.1, 0.15) is 15.9 Å². The van der Waals surface area contributed by atoms with Crippen molar-refractivity contribution in [3.05, 3.63) is 84.1 Å². The summed E-state index contributed by atoms with van der Waals surface area (Å²) in [4.78, 5) is 19.9. The third-order valence-corrected chi connectivity index (χ3v) is 4.94. The van der Waals surface area contributed by atoms with E-state index in [4.69, 9.17) is 4.98 Å². The molecule has 0 unspecified atom stereocenters. The minimum absolute atomic E-state index is 0.110. The normalized spacial score (nSPS) is 11.2. The predicted molar refractivity (Wildman–Crippen MR) is 119 cm³/mol. The van der Waals surface area contributed by atoms with Crippen molar-refractivity contribution in [2.75, 3.05) is 27.2 Å². The summed E-state index contributed by atoms with van der Waals surface area (Å²) in [6.07, 6.45) is 1.74. The Balaban J connectivity index is 1.76. The van der Waals surface area contributed by atoms with Crippen LogP contribution in [0.15, 0.2) is 72.9 Å². The standard InChI is InChI=1S/C24H25N5O/c1-28(2)14-13-25-24(30)20-15-22(19-11-7-4-8-12-19)27-23-21(20)16-26-29(23)17-18-9-5-3-6-10-18/h3-12,15-16H,13-14,17H2,1-2H3,(H,25,30). The number of carbonyl (C=O) groups excluding carboxylic acids is 1. The number of hydrogen-bond donors (Lipinski definition) is 1. The third kappa shape index (κ3) is 4.39. The van der Waals surface area contributed by atoms with Crippen molar-refractivity contribution in [1.29, 1.82) is 0 Å². The number of amides is 1. The molecule has 30 heavy (non-hydrogen) atoms. The summed E-state index contributed by atoms with van der Waals surface area (Å²) in [6.45, 7) is 1.95. The van der Waals surface area contributed by atoms with Gasteiger partial charge in [0.1, 0.15) is 0 Å². The summed E-state index contributed by atoms with van der Waals surface area (Å²) in [5.41, 5.74) is 4.16. The number of aromatic nitrogens is 3. The molecule has 4 rings (SSSR count). The molecule has 0 bridgehead atoms. The first kappa shape index (κ1) is 19.8. The topological polar surface area (TPSA) is 63.1 Å². The van der Waals surface area contributed by atoms with Gasteiger partial charge in [-0.1, -0.05) is 60.7 Å². The molecule has 0 spiro atoms. The van der Waals surface area contributed by atoms with E-state index in [9.17, 15) is 4.79 Å². The summed E-state index contributed by atoms with van der Waals surface area (Å²) in [6, 6.07) is 21.9. The highest BCUT2D eigenvalue weighted by atomic mass is 16.1. The van der Waals surface area contributed by atoms with Crippen LogP contribution in [0.25, 0.3) is 22.3 Å². The van der Waals surface area contributed by atoms with E-state index < -0.39 is 0 Å². The van der Waals surface area contributed by atoms with Gasteiger partial charge in [0.25, 0.3) is 5.91 Å². The highest BCUT2D eigenvalue weighted by Crippen LogP contribution is 2.25. The molecule has 0 aliphatic carbocycles. The van der Waals surface area contributed by atoms with E-state index in [0.29, 0.717) is 24.3 Å². The Bertz CT molecular complexity index is 1140. The van der Waals surface area contributed by atoms with Gasteiger partial charge in [0.05, 0.1) is 29.4 Å². The fraction of sp³-hybridized carbons (Fsp3) is 0.208. The molecule has 2 aromatic carbocycles. The van der Waals surface area contributed by atoms with Gasteiger partial charge in [0.15, 0.2) is 5.65 Å². The molecule has 0 fully saturated rings. The SMILES string of the molecule is CN(C)CCNC(=O)c1cc(-c2ccccc2)nc2c1cnn2Cc1ccccc1. The van der Waals surface area contributed by atoms with Crippen LogP contribution in [0.5, 0.6) is 0 Å². The van der Waals surface area contributed by atoms with E-state index in [-0.39, 0.29) is 5.91 Å². The zero-order valence-corrected chi connectivity index (χ0v) is 17.2. The van der Waals surface area contributed by atoms with E-state index in [0.717, 1.165) is 28.8 Å². The molecule has 1 amide bonds. The molecule has 4 aromatic rings. The molecule has 0 atom stereocenters. The third-order valence-electron chi connectivity index (χ3n) is 4.94. The molecular weight excluding hydrogens is 374 g/mol. The van der Waals surface area contributed by atoms with Gasteiger partial charge in [-0.25, -0.2) is 9.67 Å². The molecular formula is C24H25N5O. The summed E-state index contributed by atoms with van der Waals surface area (Å²) in [5.74, 6) is -0.110. The van der Waals surface area contributed by atoms with Gasteiger partial charge in [0.2, 0.25) is 0 Å². The Morgan fingerprint density at radius 1 is 1.03 bits per heavy atom. The van der Waals surface area contributed by atoms with Gasteiger partial charge in [-0.3, -0.25) is 4.79 Å². The zero-order chi connectivity index (χ0) is 20.9.